The van der Waals surface area contributed by atoms with E-state index in [2.05, 4.69) is 40.7 Å². The lowest BCUT2D eigenvalue weighted by Crippen LogP contribution is -2.16. The molecule has 104 valence electrons. The molecule has 0 atom stereocenters. The van der Waals surface area contributed by atoms with Crippen LogP contribution in [0.5, 0.6) is 5.75 Å². The standard InChI is InChI=1S/C17H24O2/c1-11-10-15(19-7)16(17(4,5)6)14(13(11)3)9-8-12(2)18/h8-10H,1-7H3/b9-8-. The van der Waals surface area contributed by atoms with Crippen LogP contribution in [0.4, 0.5) is 0 Å². The maximum absolute atomic E-state index is 11.2. The van der Waals surface area contributed by atoms with Gasteiger partial charge in [0.05, 0.1) is 7.11 Å². The van der Waals surface area contributed by atoms with E-state index in [1.165, 1.54) is 11.1 Å². The summed E-state index contributed by atoms with van der Waals surface area (Å²) in [4.78, 5) is 11.2. The van der Waals surface area contributed by atoms with Crippen molar-refractivity contribution in [3.63, 3.8) is 0 Å². The van der Waals surface area contributed by atoms with Crippen LogP contribution in [0.1, 0.15) is 49.9 Å². The molecule has 0 amide bonds. The number of methoxy groups -OCH3 is 1. The molecular formula is C17H24O2. The number of rotatable bonds is 3. The lowest BCUT2D eigenvalue weighted by atomic mass is 9.80. The summed E-state index contributed by atoms with van der Waals surface area (Å²) in [5.74, 6) is 0.943. The number of carbonyl (C=O) groups is 1. The predicted octanol–water partition coefficient (Wildman–Crippen LogP) is 4.21. The fourth-order valence-corrected chi connectivity index (χ4v) is 2.25. The highest BCUT2D eigenvalue weighted by atomic mass is 16.5. The van der Waals surface area contributed by atoms with E-state index in [1.54, 1.807) is 20.1 Å². The molecule has 0 heterocycles. The van der Waals surface area contributed by atoms with Crippen molar-refractivity contribution < 1.29 is 9.53 Å². The molecule has 0 aromatic heterocycles. The van der Waals surface area contributed by atoms with Crippen LogP contribution < -0.4 is 4.74 Å². The van der Waals surface area contributed by atoms with E-state index in [1.807, 2.05) is 6.08 Å². The largest absolute Gasteiger partial charge is 0.496 e. The first-order valence-corrected chi connectivity index (χ1v) is 6.55. The minimum atomic E-state index is -0.0414. The highest BCUT2D eigenvalue weighted by Gasteiger charge is 2.24. The molecule has 2 heteroatoms. The number of hydrogen-bond donors (Lipinski definition) is 0. The smallest absolute Gasteiger partial charge is 0.152 e. The first-order chi connectivity index (χ1) is 8.68. The van der Waals surface area contributed by atoms with Crippen molar-refractivity contribution in [2.45, 2.75) is 47.0 Å². The van der Waals surface area contributed by atoms with Crippen molar-refractivity contribution in [1.82, 2.24) is 0 Å². The van der Waals surface area contributed by atoms with E-state index in [9.17, 15) is 4.79 Å². The van der Waals surface area contributed by atoms with Gasteiger partial charge in [-0.05, 0) is 55.0 Å². The summed E-state index contributed by atoms with van der Waals surface area (Å²) >= 11 is 0. The van der Waals surface area contributed by atoms with E-state index in [4.69, 9.17) is 4.74 Å². The normalized spacial score (nSPS) is 11.9. The number of carbonyl (C=O) groups excluding carboxylic acids is 1. The fraction of sp³-hybridized carbons (Fsp3) is 0.471. The molecule has 1 aromatic rings. The van der Waals surface area contributed by atoms with E-state index < -0.39 is 0 Å². The molecule has 19 heavy (non-hydrogen) atoms. The maximum Gasteiger partial charge on any atom is 0.152 e. The van der Waals surface area contributed by atoms with Gasteiger partial charge in [-0.2, -0.15) is 0 Å². The van der Waals surface area contributed by atoms with Crippen molar-refractivity contribution in [1.29, 1.82) is 0 Å². The van der Waals surface area contributed by atoms with E-state index >= 15 is 0 Å². The van der Waals surface area contributed by atoms with Crippen LogP contribution in [-0.4, -0.2) is 12.9 Å². The molecule has 2 nitrogen and oxygen atoms in total. The Labute approximate surface area is 116 Å². The monoisotopic (exact) mass is 260 g/mol. The Kier molecular flexibility index (Phi) is 4.56. The van der Waals surface area contributed by atoms with Crippen LogP contribution in [-0.2, 0) is 10.2 Å². The summed E-state index contributed by atoms with van der Waals surface area (Å²) in [6, 6.07) is 2.07. The van der Waals surface area contributed by atoms with Crippen molar-refractivity contribution in [2.24, 2.45) is 0 Å². The lowest BCUT2D eigenvalue weighted by molar-refractivity contribution is -0.112. The Hall–Kier alpha value is -1.57. The van der Waals surface area contributed by atoms with E-state index in [-0.39, 0.29) is 11.2 Å². The number of aryl methyl sites for hydroxylation is 1. The van der Waals surface area contributed by atoms with Crippen molar-refractivity contribution >= 4 is 11.9 Å². The minimum absolute atomic E-state index is 0.0414. The maximum atomic E-state index is 11.2. The summed E-state index contributed by atoms with van der Waals surface area (Å²) in [5, 5.41) is 0. The minimum Gasteiger partial charge on any atom is -0.496 e. The van der Waals surface area contributed by atoms with Gasteiger partial charge < -0.3 is 4.74 Å². The van der Waals surface area contributed by atoms with Crippen molar-refractivity contribution in [3.05, 3.63) is 34.4 Å². The van der Waals surface area contributed by atoms with Crippen LogP contribution >= 0.6 is 0 Å². The third-order valence-corrected chi connectivity index (χ3v) is 3.31. The van der Waals surface area contributed by atoms with Gasteiger partial charge in [-0.15, -0.1) is 0 Å². The Balaban J connectivity index is 3.64. The van der Waals surface area contributed by atoms with Crippen LogP contribution in [0.3, 0.4) is 0 Å². The second-order valence-corrected chi connectivity index (χ2v) is 6.00. The molecule has 0 bridgehead atoms. The molecule has 0 radical (unpaired) electrons. The number of hydrogen-bond acceptors (Lipinski definition) is 2. The molecule has 0 unspecified atom stereocenters. The SMILES string of the molecule is COc1cc(C)c(C)c(/C=C\C(C)=O)c1C(C)(C)C. The second kappa shape index (κ2) is 5.60. The Bertz CT molecular complexity index is 517. The molecule has 0 aliphatic heterocycles. The Morgan fingerprint density at radius 3 is 2.26 bits per heavy atom. The molecular weight excluding hydrogens is 236 g/mol. The molecule has 0 aliphatic rings. The molecule has 0 N–H and O–H groups in total. The van der Waals surface area contributed by atoms with E-state index in [0.29, 0.717) is 0 Å². The zero-order valence-corrected chi connectivity index (χ0v) is 13.0. The van der Waals surface area contributed by atoms with Gasteiger partial charge in [0.25, 0.3) is 0 Å². The molecule has 1 aromatic carbocycles. The lowest BCUT2D eigenvalue weighted by Gasteiger charge is -2.26. The first-order valence-electron chi connectivity index (χ1n) is 6.55. The molecule has 0 fully saturated rings. The number of ketones is 1. The van der Waals surface area contributed by atoms with Crippen LogP contribution in [0.25, 0.3) is 6.08 Å². The average Bonchev–Trinajstić information content (AvgIpc) is 2.28. The summed E-state index contributed by atoms with van der Waals surface area (Å²) < 4.78 is 5.54. The van der Waals surface area contributed by atoms with E-state index in [0.717, 1.165) is 16.9 Å². The molecule has 0 saturated carbocycles. The second-order valence-electron chi connectivity index (χ2n) is 6.00. The molecule has 0 saturated heterocycles. The molecule has 0 aliphatic carbocycles. The highest BCUT2D eigenvalue weighted by Crippen LogP contribution is 2.38. The van der Waals surface area contributed by atoms with Crippen molar-refractivity contribution in [3.8, 4) is 5.75 Å². The van der Waals surface area contributed by atoms with Gasteiger partial charge in [-0.1, -0.05) is 26.8 Å². The van der Waals surface area contributed by atoms with Crippen molar-refractivity contribution in [2.75, 3.05) is 7.11 Å². The number of benzene rings is 1. The summed E-state index contributed by atoms with van der Waals surface area (Å²) in [7, 11) is 1.69. The number of ether oxygens (including phenoxy) is 1. The summed E-state index contributed by atoms with van der Waals surface area (Å²) in [6.07, 6.45) is 3.53. The zero-order valence-electron chi connectivity index (χ0n) is 13.0. The first kappa shape index (κ1) is 15.5. The van der Waals surface area contributed by atoms with Crippen LogP contribution in [0.2, 0.25) is 0 Å². The molecule has 0 spiro atoms. The molecule has 1 rings (SSSR count). The van der Waals surface area contributed by atoms with Gasteiger partial charge in [0.1, 0.15) is 5.75 Å². The zero-order chi connectivity index (χ0) is 14.8. The van der Waals surface area contributed by atoms with Gasteiger partial charge in [-0.25, -0.2) is 0 Å². The fourth-order valence-electron chi connectivity index (χ4n) is 2.25. The quantitative estimate of drug-likeness (QED) is 0.761. The van der Waals surface area contributed by atoms with Gasteiger partial charge in [0, 0.05) is 5.56 Å². The summed E-state index contributed by atoms with van der Waals surface area (Å²) in [5.41, 5.74) is 4.58. The Morgan fingerprint density at radius 2 is 1.84 bits per heavy atom. The number of allylic oxidation sites excluding steroid dienone is 1. The third-order valence-electron chi connectivity index (χ3n) is 3.31. The van der Waals surface area contributed by atoms with Crippen LogP contribution in [0, 0.1) is 13.8 Å². The predicted molar refractivity (Wildman–Crippen MR) is 80.9 cm³/mol. The summed E-state index contributed by atoms with van der Waals surface area (Å²) in [6.45, 7) is 12.2. The average molecular weight is 260 g/mol. The van der Waals surface area contributed by atoms with Gasteiger partial charge >= 0.3 is 0 Å². The topological polar surface area (TPSA) is 26.3 Å². The third kappa shape index (κ3) is 3.46. The van der Waals surface area contributed by atoms with Gasteiger partial charge in [-0.3, -0.25) is 4.79 Å². The Morgan fingerprint density at radius 1 is 1.26 bits per heavy atom. The highest BCUT2D eigenvalue weighted by molar-refractivity contribution is 5.92. The van der Waals surface area contributed by atoms with Gasteiger partial charge in [0.2, 0.25) is 0 Å². The van der Waals surface area contributed by atoms with Gasteiger partial charge in [0.15, 0.2) is 5.78 Å². The van der Waals surface area contributed by atoms with Crippen LogP contribution in [0.15, 0.2) is 12.1 Å².